The lowest BCUT2D eigenvalue weighted by Crippen LogP contribution is -2.59. The van der Waals surface area contributed by atoms with Gasteiger partial charge in [-0.3, -0.25) is 14.4 Å². The maximum absolute atomic E-state index is 14.0. The largest absolute Gasteiger partial charge is 0.461 e. The number of hydrogen-bond donors (Lipinski definition) is 3. The minimum atomic E-state index is -1.22. The number of nitrogens with zero attached hydrogens (tertiary/aromatic N) is 2. The molecule has 3 aliphatic rings. The van der Waals surface area contributed by atoms with Crippen molar-refractivity contribution < 1.29 is 43.5 Å². The van der Waals surface area contributed by atoms with Gasteiger partial charge in [0.25, 0.3) is 0 Å². The fourth-order valence-corrected chi connectivity index (χ4v) is 7.12. The lowest BCUT2D eigenvalue weighted by molar-refractivity contribution is -0.295. The molecule has 3 N–H and O–H groups in total. The number of rotatable bonds is 5. The summed E-state index contributed by atoms with van der Waals surface area (Å²) in [5, 5.41) is 27.0. The average Bonchev–Trinajstić information content (AvgIpc) is 3.47. The van der Waals surface area contributed by atoms with Crippen molar-refractivity contribution in [3.8, 4) is 0 Å². The van der Waals surface area contributed by atoms with Gasteiger partial charge in [0.1, 0.15) is 23.9 Å². The van der Waals surface area contributed by atoms with Crippen LogP contribution in [0.15, 0.2) is 5.10 Å². The molecule has 1 unspecified atom stereocenters. The maximum Gasteiger partial charge on any atom is 0.316 e. The third-order valence-electron chi connectivity index (χ3n) is 9.99. The fourth-order valence-electron chi connectivity index (χ4n) is 7.12. The zero-order valence-corrected chi connectivity index (χ0v) is 27.4. The Bertz CT molecular complexity index is 1040. The molecule has 0 amide bonds. The van der Waals surface area contributed by atoms with Crippen molar-refractivity contribution in [3.63, 3.8) is 0 Å². The molecular formula is C31H53N3O9. The number of cyclic esters (lactones) is 1. The average molecular weight is 612 g/mol. The number of hydrogen-bond acceptors (Lipinski definition) is 12. The Balaban J connectivity index is 2.08. The first-order valence-electron chi connectivity index (χ1n) is 15.5. The predicted octanol–water partition coefficient (Wildman–Crippen LogP) is 1.55. The van der Waals surface area contributed by atoms with Crippen molar-refractivity contribution in [3.05, 3.63) is 0 Å². The number of nitrogens with one attached hydrogen (secondary N) is 1. The number of hydrazone groups is 1. The maximum atomic E-state index is 14.0. The van der Waals surface area contributed by atoms with Gasteiger partial charge < -0.3 is 39.5 Å². The van der Waals surface area contributed by atoms with E-state index in [1.165, 1.54) is 20.2 Å². The van der Waals surface area contributed by atoms with Gasteiger partial charge in [-0.1, -0.05) is 27.7 Å². The summed E-state index contributed by atoms with van der Waals surface area (Å²) in [5.74, 6) is -4.91. The Morgan fingerprint density at radius 3 is 2.28 bits per heavy atom. The highest BCUT2D eigenvalue weighted by atomic mass is 16.7. The van der Waals surface area contributed by atoms with E-state index in [1.807, 2.05) is 32.8 Å². The van der Waals surface area contributed by atoms with Crippen LogP contribution < -0.4 is 5.43 Å². The summed E-state index contributed by atoms with van der Waals surface area (Å²) in [6.45, 7) is 12.2. The van der Waals surface area contributed by atoms with Gasteiger partial charge >= 0.3 is 5.97 Å². The summed E-state index contributed by atoms with van der Waals surface area (Å²) in [5.41, 5.74) is 0.479. The number of carbonyl (C=O) groups excluding carboxylic acids is 3. The molecule has 2 saturated heterocycles. The third-order valence-corrected chi connectivity index (χ3v) is 9.99. The molecule has 3 heterocycles. The van der Waals surface area contributed by atoms with Gasteiger partial charge in [0, 0.05) is 43.7 Å². The molecule has 2 fully saturated rings. The third kappa shape index (κ3) is 6.99. The van der Waals surface area contributed by atoms with E-state index in [2.05, 4.69) is 10.5 Å². The van der Waals surface area contributed by atoms with Crippen molar-refractivity contribution in [2.45, 2.75) is 116 Å². The van der Waals surface area contributed by atoms with Crippen molar-refractivity contribution in [2.24, 2.45) is 34.2 Å². The van der Waals surface area contributed by atoms with Crippen molar-refractivity contribution in [1.82, 2.24) is 10.3 Å². The molecule has 13 atom stereocenters. The molecule has 0 bridgehead atoms. The van der Waals surface area contributed by atoms with Crippen LogP contribution in [-0.2, 0) is 33.3 Å². The predicted molar refractivity (Wildman–Crippen MR) is 159 cm³/mol. The highest BCUT2D eigenvalue weighted by molar-refractivity contribution is 6.00. The molecule has 0 saturated carbocycles. The molecule has 3 aliphatic heterocycles. The molecule has 3 rings (SSSR count). The van der Waals surface area contributed by atoms with E-state index in [1.54, 1.807) is 27.7 Å². The Hall–Kier alpha value is -1.96. The molecule has 0 aromatic carbocycles. The minimum absolute atomic E-state index is 0.145. The molecule has 0 aromatic heterocycles. The lowest BCUT2D eigenvalue weighted by Gasteiger charge is -2.47. The summed E-state index contributed by atoms with van der Waals surface area (Å²) in [6.07, 6.45) is -2.82. The first-order valence-corrected chi connectivity index (χ1v) is 15.5. The van der Waals surface area contributed by atoms with E-state index < -0.39 is 77.1 Å². The molecule has 43 heavy (non-hydrogen) atoms. The van der Waals surface area contributed by atoms with Crippen molar-refractivity contribution >= 4 is 23.8 Å². The van der Waals surface area contributed by atoms with E-state index in [0.29, 0.717) is 12.8 Å². The van der Waals surface area contributed by atoms with E-state index in [4.69, 9.17) is 18.9 Å². The van der Waals surface area contributed by atoms with Crippen LogP contribution in [0, 0.1) is 29.1 Å². The van der Waals surface area contributed by atoms with Crippen molar-refractivity contribution in [2.75, 3.05) is 27.7 Å². The van der Waals surface area contributed by atoms with Crippen LogP contribution in [0.5, 0.6) is 0 Å². The van der Waals surface area contributed by atoms with E-state index in [-0.39, 0.29) is 30.9 Å². The smallest absolute Gasteiger partial charge is 0.316 e. The van der Waals surface area contributed by atoms with E-state index in [0.717, 1.165) is 0 Å². The molecule has 246 valence electrons. The summed E-state index contributed by atoms with van der Waals surface area (Å²) in [7, 11) is 5.22. The van der Waals surface area contributed by atoms with Crippen LogP contribution in [0.1, 0.15) is 67.7 Å². The van der Waals surface area contributed by atoms with Gasteiger partial charge in [-0.05, 0) is 54.1 Å². The van der Waals surface area contributed by atoms with Gasteiger partial charge in [-0.25, -0.2) is 0 Å². The number of ether oxygens (including phenoxy) is 4. The second-order valence-corrected chi connectivity index (χ2v) is 13.3. The Kier molecular flexibility index (Phi) is 11.6. The number of Topliss-reactive ketones (excluding diaryl/α,β-unsaturated/α-hetero) is 2. The van der Waals surface area contributed by atoms with Crippen LogP contribution >= 0.6 is 0 Å². The van der Waals surface area contributed by atoms with Crippen LogP contribution in [0.4, 0.5) is 0 Å². The summed E-state index contributed by atoms with van der Waals surface area (Å²) in [4.78, 5) is 43.2. The van der Waals surface area contributed by atoms with Gasteiger partial charge in [-0.2, -0.15) is 5.10 Å². The number of ketones is 2. The Morgan fingerprint density at radius 2 is 1.74 bits per heavy atom. The second kappa shape index (κ2) is 14.0. The molecule has 1 spiro atoms. The van der Waals surface area contributed by atoms with Crippen molar-refractivity contribution in [1.29, 1.82) is 0 Å². The SMILES string of the molecule is CC[C@H]1OC(=O)[C@H](C)C(=O)[C@H](C)[C@@H](O[C@@H]2O[C@H](C)C[C@H](N(C)C)[C@H]2O)[C@@](C)(OC)C[C@@H](C)C(=O)[C@H](C)[C@@H](O)C12C=NNC2. The summed E-state index contributed by atoms with van der Waals surface area (Å²) < 4.78 is 24.5. The molecule has 0 aliphatic carbocycles. The first-order chi connectivity index (χ1) is 20.0. The zero-order valence-electron chi connectivity index (χ0n) is 27.4. The van der Waals surface area contributed by atoms with Crippen LogP contribution in [0.3, 0.4) is 0 Å². The lowest BCUT2D eigenvalue weighted by atomic mass is 9.69. The molecule has 12 nitrogen and oxygen atoms in total. The van der Waals surface area contributed by atoms with Gasteiger partial charge in [-0.15, -0.1) is 0 Å². The Labute approximate surface area is 255 Å². The standard InChI is InChI=1S/C31H53N3O9/c1-11-22-31(14-32-33-15-31)26(38)18(4)23(35)16(2)13-30(7,40-10)27(19(5)24(36)20(6)28(39)42-22)43-29-25(37)21(34(8)9)12-17(3)41-29/h14,16-22,25-27,29,33,37-38H,11-13,15H2,1-10H3/t16-,17-,18+,19+,20-,21+,22-,25-,26-,27-,29+,30+,31?/m1/s1. The summed E-state index contributed by atoms with van der Waals surface area (Å²) in [6, 6.07) is -0.254. The highest BCUT2D eigenvalue weighted by Gasteiger charge is 2.54. The highest BCUT2D eigenvalue weighted by Crippen LogP contribution is 2.40. The quantitative estimate of drug-likeness (QED) is 0.306. The number of methoxy groups -OCH3 is 1. The number of carbonyl (C=O) groups is 3. The first kappa shape index (κ1) is 35.5. The monoisotopic (exact) mass is 611 g/mol. The van der Waals surface area contributed by atoms with Crippen LogP contribution in [-0.4, -0.2) is 115 Å². The van der Waals surface area contributed by atoms with Gasteiger partial charge in [0.15, 0.2) is 12.1 Å². The minimum Gasteiger partial charge on any atom is -0.461 e. The molecule has 12 heteroatoms. The molecular weight excluding hydrogens is 558 g/mol. The number of aliphatic hydroxyl groups excluding tert-OH is 2. The van der Waals surface area contributed by atoms with Gasteiger partial charge in [0.05, 0.1) is 29.3 Å². The molecule has 0 aromatic rings. The normalized spacial score (nSPS) is 45.2. The Morgan fingerprint density at radius 1 is 1.09 bits per heavy atom. The summed E-state index contributed by atoms with van der Waals surface area (Å²) >= 11 is 0. The molecule has 0 radical (unpaired) electrons. The van der Waals surface area contributed by atoms with Gasteiger partial charge in [0.2, 0.25) is 0 Å². The zero-order chi connectivity index (χ0) is 32.4. The topological polar surface area (TPSA) is 156 Å². The number of likely N-dealkylation sites (N-methyl/N-ethyl adjacent to an activating group) is 1. The number of aliphatic hydroxyl groups is 2. The fraction of sp³-hybridized carbons (Fsp3) is 0.871. The van der Waals surface area contributed by atoms with E-state index in [9.17, 15) is 24.6 Å². The van der Waals surface area contributed by atoms with Crippen LogP contribution in [0.25, 0.3) is 0 Å². The second-order valence-electron chi connectivity index (χ2n) is 13.3. The van der Waals surface area contributed by atoms with E-state index >= 15 is 0 Å². The van der Waals surface area contributed by atoms with Crippen LogP contribution in [0.2, 0.25) is 0 Å². The number of esters is 1.